The number of thiazole rings is 1. The lowest BCUT2D eigenvalue weighted by Gasteiger charge is -2.07. The molecule has 0 aliphatic carbocycles. The third-order valence-corrected chi connectivity index (χ3v) is 4.83. The van der Waals surface area contributed by atoms with E-state index in [-0.39, 0.29) is 6.61 Å². The van der Waals surface area contributed by atoms with Gasteiger partial charge in [0.25, 0.3) is 0 Å². The Kier molecular flexibility index (Phi) is 5.83. The van der Waals surface area contributed by atoms with Crippen LogP contribution in [0.2, 0.25) is 0 Å². The Morgan fingerprint density at radius 3 is 2.75 bits per heavy atom. The van der Waals surface area contributed by atoms with Crippen LogP contribution in [0.3, 0.4) is 0 Å². The highest BCUT2D eigenvalue weighted by atomic mass is 32.1. The molecular formula is C19H18F3N3O2S. The van der Waals surface area contributed by atoms with Crippen LogP contribution in [0.15, 0.2) is 35.8 Å². The average Bonchev–Trinajstić information content (AvgIpc) is 3.29. The van der Waals surface area contributed by atoms with Crippen molar-refractivity contribution in [1.82, 2.24) is 14.8 Å². The number of carbonyl (C=O) groups is 1. The van der Waals surface area contributed by atoms with Crippen LogP contribution in [0.5, 0.6) is 0 Å². The molecule has 0 N–H and O–H groups in total. The number of alkyl halides is 3. The fourth-order valence-corrected chi connectivity index (χ4v) is 3.56. The molecule has 148 valence electrons. The molecule has 0 aliphatic rings. The number of hydrogen-bond acceptors (Lipinski definition) is 5. The molecule has 0 unspecified atom stereocenters. The fourth-order valence-electron chi connectivity index (χ4n) is 2.74. The van der Waals surface area contributed by atoms with E-state index in [4.69, 9.17) is 4.74 Å². The van der Waals surface area contributed by atoms with Crippen LogP contribution >= 0.6 is 11.3 Å². The largest absolute Gasteiger partial charge is 0.462 e. The normalized spacial score (nSPS) is 11.6. The lowest BCUT2D eigenvalue weighted by molar-refractivity contribution is -0.137. The summed E-state index contributed by atoms with van der Waals surface area (Å²) < 4.78 is 45.5. The van der Waals surface area contributed by atoms with Gasteiger partial charge in [-0.3, -0.25) is 0 Å². The highest BCUT2D eigenvalue weighted by molar-refractivity contribution is 7.12. The van der Waals surface area contributed by atoms with Crippen molar-refractivity contribution in [3.63, 3.8) is 0 Å². The fraction of sp³-hybridized carbons (Fsp3) is 0.316. The van der Waals surface area contributed by atoms with Crippen molar-refractivity contribution in [2.45, 2.75) is 32.9 Å². The number of hydrogen-bond donors (Lipinski definition) is 0. The van der Waals surface area contributed by atoms with Gasteiger partial charge in [-0.25, -0.2) is 14.5 Å². The molecule has 1 aromatic carbocycles. The van der Waals surface area contributed by atoms with Crippen molar-refractivity contribution < 1.29 is 22.7 Å². The van der Waals surface area contributed by atoms with Gasteiger partial charge in [0, 0.05) is 10.9 Å². The van der Waals surface area contributed by atoms with Crippen LogP contribution in [0, 0.1) is 0 Å². The molecule has 28 heavy (non-hydrogen) atoms. The van der Waals surface area contributed by atoms with Crippen molar-refractivity contribution in [3.05, 3.63) is 52.7 Å². The predicted molar refractivity (Wildman–Crippen MR) is 99.6 cm³/mol. The first-order valence-corrected chi connectivity index (χ1v) is 9.60. The molecule has 0 saturated heterocycles. The topological polar surface area (TPSA) is 57.0 Å². The van der Waals surface area contributed by atoms with Crippen LogP contribution in [0.25, 0.3) is 16.4 Å². The third-order valence-electron chi connectivity index (χ3n) is 4.01. The standard InChI is InChI=1S/C19H18F3N3O2S/c1-3-6-16-14(17(26)27-4-2)10-23-25(16)18-24-15(11-28-18)12-7-5-8-13(9-12)19(20,21)22/h5,7-11H,3-4,6H2,1-2H3. The molecule has 3 aromatic rings. The smallest absolute Gasteiger partial charge is 0.416 e. The summed E-state index contributed by atoms with van der Waals surface area (Å²) in [7, 11) is 0. The van der Waals surface area contributed by atoms with E-state index in [1.165, 1.54) is 23.6 Å². The Bertz CT molecular complexity index is 979. The van der Waals surface area contributed by atoms with Crippen molar-refractivity contribution in [1.29, 1.82) is 0 Å². The lowest BCUT2D eigenvalue weighted by Crippen LogP contribution is -2.09. The van der Waals surface area contributed by atoms with E-state index in [2.05, 4.69) is 10.1 Å². The van der Waals surface area contributed by atoms with E-state index in [1.807, 2.05) is 6.92 Å². The minimum Gasteiger partial charge on any atom is -0.462 e. The number of benzene rings is 1. The van der Waals surface area contributed by atoms with Gasteiger partial charge in [0.05, 0.1) is 29.8 Å². The van der Waals surface area contributed by atoms with E-state index in [0.29, 0.717) is 34.1 Å². The second-order valence-electron chi connectivity index (χ2n) is 5.98. The zero-order valence-corrected chi connectivity index (χ0v) is 16.1. The first-order valence-electron chi connectivity index (χ1n) is 8.72. The number of nitrogens with zero attached hydrogens (tertiary/aromatic N) is 3. The van der Waals surface area contributed by atoms with Crippen molar-refractivity contribution in [3.8, 4) is 16.4 Å². The second kappa shape index (κ2) is 8.14. The number of esters is 1. The molecule has 3 rings (SSSR count). The van der Waals surface area contributed by atoms with Gasteiger partial charge >= 0.3 is 12.1 Å². The number of rotatable bonds is 6. The molecule has 0 fully saturated rings. The maximum Gasteiger partial charge on any atom is 0.416 e. The molecule has 0 spiro atoms. The van der Waals surface area contributed by atoms with Gasteiger partial charge in [0.1, 0.15) is 5.56 Å². The Morgan fingerprint density at radius 1 is 1.29 bits per heavy atom. The Balaban J connectivity index is 1.98. The van der Waals surface area contributed by atoms with E-state index < -0.39 is 17.7 Å². The molecule has 5 nitrogen and oxygen atoms in total. The summed E-state index contributed by atoms with van der Waals surface area (Å²) in [5, 5.41) is 6.41. The van der Waals surface area contributed by atoms with Crippen LogP contribution in [-0.2, 0) is 17.3 Å². The molecule has 0 aliphatic heterocycles. The van der Waals surface area contributed by atoms with Gasteiger partial charge < -0.3 is 4.74 Å². The summed E-state index contributed by atoms with van der Waals surface area (Å²) >= 11 is 1.25. The van der Waals surface area contributed by atoms with E-state index in [9.17, 15) is 18.0 Å². The molecule has 2 aromatic heterocycles. The second-order valence-corrected chi connectivity index (χ2v) is 6.82. The molecule has 0 bridgehead atoms. The zero-order valence-electron chi connectivity index (χ0n) is 15.3. The molecule has 2 heterocycles. The molecular weight excluding hydrogens is 391 g/mol. The monoisotopic (exact) mass is 409 g/mol. The van der Waals surface area contributed by atoms with Crippen molar-refractivity contribution in [2.75, 3.05) is 6.61 Å². The van der Waals surface area contributed by atoms with E-state index in [1.54, 1.807) is 23.1 Å². The maximum atomic E-state index is 13.0. The van der Waals surface area contributed by atoms with Crippen molar-refractivity contribution >= 4 is 17.3 Å². The summed E-state index contributed by atoms with van der Waals surface area (Å²) in [6, 6.07) is 5.02. The maximum absolute atomic E-state index is 13.0. The molecule has 0 radical (unpaired) electrons. The quantitative estimate of drug-likeness (QED) is 0.529. The minimum absolute atomic E-state index is 0.256. The van der Waals surface area contributed by atoms with Gasteiger partial charge in [0.2, 0.25) is 5.13 Å². The van der Waals surface area contributed by atoms with E-state index >= 15 is 0 Å². The summed E-state index contributed by atoms with van der Waals surface area (Å²) in [5.74, 6) is -0.452. The highest BCUT2D eigenvalue weighted by Gasteiger charge is 2.30. The molecule has 0 atom stereocenters. The number of halogens is 3. The van der Waals surface area contributed by atoms with Gasteiger partial charge in [-0.05, 0) is 25.5 Å². The summed E-state index contributed by atoms with van der Waals surface area (Å²) in [6.07, 6.45) is -1.61. The zero-order chi connectivity index (χ0) is 20.3. The SMILES string of the molecule is CCCc1c(C(=O)OCC)cnn1-c1nc(-c2cccc(C(F)(F)F)c2)cs1. The van der Waals surface area contributed by atoms with Gasteiger partial charge in [-0.2, -0.15) is 18.3 Å². The number of carbonyl (C=O) groups excluding carboxylic acids is 1. The van der Waals surface area contributed by atoms with E-state index in [0.717, 1.165) is 18.6 Å². The van der Waals surface area contributed by atoms with Crippen LogP contribution in [0.1, 0.15) is 41.9 Å². The van der Waals surface area contributed by atoms with Crippen LogP contribution in [-0.4, -0.2) is 27.3 Å². The third kappa shape index (κ3) is 4.09. The number of ether oxygens (including phenoxy) is 1. The first-order chi connectivity index (χ1) is 13.3. The minimum atomic E-state index is -4.42. The van der Waals surface area contributed by atoms with Gasteiger partial charge in [-0.1, -0.05) is 25.5 Å². The Labute approximate surface area is 163 Å². The lowest BCUT2D eigenvalue weighted by atomic mass is 10.1. The van der Waals surface area contributed by atoms with Crippen LogP contribution in [0.4, 0.5) is 13.2 Å². The molecule has 9 heteroatoms. The average molecular weight is 409 g/mol. The Morgan fingerprint density at radius 2 is 2.07 bits per heavy atom. The molecule has 0 amide bonds. The summed E-state index contributed by atoms with van der Waals surface area (Å²) in [5.41, 5.74) is 1.11. The molecule has 0 saturated carbocycles. The number of aromatic nitrogens is 3. The highest BCUT2D eigenvalue weighted by Crippen LogP contribution is 2.33. The first kappa shape index (κ1) is 20.1. The predicted octanol–water partition coefficient (Wildman–Crippen LogP) is 5.14. The van der Waals surface area contributed by atoms with Gasteiger partial charge in [0.15, 0.2) is 0 Å². The van der Waals surface area contributed by atoms with Crippen molar-refractivity contribution in [2.24, 2.45) is 0 Å². The summed E-state index contributed by atoms with van der Waals surface area (Å²) in [6.45, 7) is 3.96. The Hall–Kier alpha value is -2.68. The summed E-state index contributed by atoms with van der Waals surface area (Å²) in [4.78, 5) is 16.6. The van der Waals surface area contributed by atoms with Gasteiger partial charge in [-0.15, -0.1) is 11.3 Å². The van der Waals surface area contributed by atoms with Crippen LogP contribution < -0.4 is 0 Å².